The van der Waals surface area contributed by atoms with Gasteiger partial charge in [0.1, 0.15) is 11.2 Å². The molecule has 1 saturated heterocycles. The van der Waals surface area contributed by atoms with Crippen molar-refractivity contribution in [3.8, 4) is 11.8 Å². The maximum Gasteiger partial charge on any atom is 0.124 e. The van der Waals surface area contributed by atoms with Crippen molar-refractivity contribution in [2.75, 3.05) is 19.8 Å². The van der Waals surface area contributed by atoms with Crippen LogP contribution in [0.25, 0.3) is 0 Å². The maximum absolute atomic E-state index is 11.2. The smallest absolute Gasteiger partial charge is 0.124 e. The van der Waals surface area contributed by atoms with E-state index in [1.54, 1.807) is 0 Å². The lowest BCUT2D eigenvalue weighted by molar-refractivity contribution is -0.0468. The lowest BCUT2D eigenvalue weighted by atomic mass is 9.62. The highest BCUT2D eigenvalue weighted by Gasteiger charge is 2.54. The molecule has 0 radical (unpaired) electrons. The topological polar surface area (TPSA) is 62.5 Å². The summed E-state index contributed by atoms with van der Waals surface area (Å²) in [5, 5.41) is 21.1. The van der Waals surface area contributed by atoms with Crippen molar-refractivity contribution < 1.29 is 14.6 Å². The second-order valence-corrected chi connectivity index (χ2v) is 5.61. The first kappa shape index (κ1) is 13.4. The highest BCUT2D eigenvalue weighted by molar-refractivity contribution is 5.48. The van der Waals surface area contributed by atoms with E-state index in [0.29, 0.717) is 39.1 Å². The van der Waals surface area contributed by atoms with Gasteiger partial charge in [-0.3, -0.25) is 0 Å². The summed E-state index contributed by atoms with van der Waals surface area (Å²) in [7, 11) is 0. The zero-order valence-electron chi connectivity index (χ0n) is 11.5. The Morgan fingerprint density at radius 3 is 2.80 bits per heavy atom. The van der Waals surface area contributed by atoms with Crippen molar-refractivity contribution in [3.63, 3.8) is 0 Å². The van der Waals surface area contributed by atoms with E-state index in [1.807, 2.05) is 24.3 Å². The molecule has 2 atom stereocenters. The Kier molecular flexibility index (Phi) is 3.41. The average molecular weight is 273 g/mol. The molecule has 4 heteroatoms. The number of aliphatic hydroxyl groups is 1. The van der Waals surface area contributed by atoms with Gasteiger partial charge in [-0.25, -0.2) is 0 Å². The van der Waals surface area contributed by atoms with Gasteiger partial charge in [-0.15, -0.1) is 0 Å². The van der Waals surface area contributed by atoms with Crippen molar-refractivity contribution in [1.29, 1.82) is 5.26 Å². The molecule has 106 valence electrons. The Labute approximate surface area is 118 Å². The van der Waals surface area contributed by atoms with E-state index < -0.39 is 11.0 Å². The second kappa shape index (κ2) is 5.08. The number of para-hydroxylation sites is 1. The Bertz CT molecular complexity index is 529. The number of hydrogen-bond acceptors (Lipinski definition) is 4. The summed E-state index contributed by atoms with van der Waals surface area (Å²) in [5.74, 6) is 0.721. The number of nitriles is 1. The van der Waals surface area contributed by atoms with E-state index >= 15 is 0 Å². The summed E-state index contributed by atoms with van der Waals surface area (Å²) in [4.78, 5) is 0. The number of fused-ring (bicyclic) bond motifs is 1. The standard InChI is InChI=1S/C16H19NO3/c17-12-15(16(18)6-3-9-19-10-8-16)7-11-20-14-5-2-1-4-13(14)15/h1-2,4-5,18H,3,6-11H2. The second-order valence-electron chi connectivity index (χ2n) is 5.61. The van der Waals surface area contributed by atoms with Crippen LogP contribution in [0.5, 0.6) is 5.75 Å². The minimum absolute atomic E-state index is 0.466. The summed E-state index contributed by atoms with van der Waals surface area (Å²) >= 11 is 0. The molecule has 2 unspecified atom stereocenters. The molecule has 3 rings (SSSR count). The summed E-state index contributed by atoms with van der Waals surface area (Å²) in [6.45, 7) is 1.62. The molecule has 1 fully saturated rings. The molecule has 0 aromatic heterocycles. The lowest BCUT2D eigenvalue weighted by Crippen LogP contribution is -2.53. The van der Waals surface area contributed by atoms with Crippen LogP contribution in [-0.2, 0) is 10.2 Å². The van der Waals surface area contributed by atoms with E-state index in [2.05, 4.69) is 6.07 Å². The first-order valence-corrected chi connectivity index (χ1v) is 7.16. The summed E-state index contributed by atoms with van der Waals surface area (Å²) in [6, 6.07) is 10.00. The largest absolute Gasteiger partial charge is 0.493 e. The third-order valence-corrected chi connectivity index (χ3v) is 4.61. The normalized spacial score (nSPS) is 33.4. The summed E-state index contributed by atoms with van der Waals surface area (Å²) in [6.07, 6.45) is 2.39. The van der Waals surface area contributed by atoms with Gasteiger partial charge in [-0.2, -0.15) is 5.26 Å². The monoisotopic (exact) mass is 273 g/mol. The fraction of sp³-hybridized carbons (Fsp3) is 0.562. The molecular formula is C16H19NO3. The molecule has 0 aliphatic carbocycles. The molecule has 0 amide bonds. The molecule has 2 heterocycles. The average Bonchev–Trinajstić information content (AvgIpc) is 2.72. The van der Waals surface area contributed by atoms with E-state index in [0.717, 1.165) is 17.7 Å². The number of ether oxygens (including phenoxy) is 2. The molecule has 4 nitrogen and oxygen atoms in total. The van der Waals surface area contributed by atoms with Crippen LogP contribution in [0.1, 0.15) is 31.2 Å². The Morgan fingerprint density at radius 2 is 1.95 bits per heavy atom. The number of rotatable bonds is 1. The van der Waals surface area contributed by atoms with Crippen molar-refractivity contribution in [2.24, 2.45) is 0 Å². The highest BCUT2D eigenvalue weighted by atomic mass is 16.5. The number of hydrogen-bond donors (Lipinski definition) is 1. The van der Waals surface area contributed by atoms with E-state index in [1.165, 1.54) is 0 Å². The van der Waals surface area contributed by atoms with Crippen LogP contribution in [0.15, 0.2) is 24.3 Å². The molecule has 2 aliphatic rings. The van der Waals surface area contributed by atoms with Crippen LogP contribution in [0, 0.1) is 11.3 Å². The quantitative estimate of drug-likeness (QED) is 0.851. The Balaban J connectivity index is 2.10. The van der Waals surface area contributed by atoms with Gasteiger partial charge < -0.3 is 14.6 Å². The summed E-state index contributed by atoms with van der Waals surface area (Å²) in [5.41, 5.74) is -1.12. The molecule has 1 aromatic carbocycles. The van der Waals surface area contributed by atoms with Gasteiger partial charge in [0.2, 0.25) is 0 Å². The molecule has 1 N–H and O–H groups in total. The highest BCUT2D eigenvalue weighted by Crippen LogP contribution is 2.49. The zero-order valence-corrected chi connectivity index (χ0v) is 11.5. The maximum atomic E-state index is 11.2. The van der Waals surface area contributed by atoms with Gasteiger partial charge in [0.05, 0.1) is 18.3 Å². The summed E-state index contributed by atoms with van der Waals surface area (Å²) < 4.78 is 11.1. The van der Waals surface area contributed by atoms with Crippen LogP contribution in [0.2, 0.25) is 0 Å². The Morgan fingerprint density at radius 1 is 1.10 bits per heavy atom. The number of benzene rings is 1. The molecule has 0 saturated carbocycles. The van der Waals surface area contributed by atoms with E-state index in [9.17, 15) is 10.4 Å². The van der Waals surface area contributed by atoms with Crippen molar-refractivity contribution in [1.82, 2.24) is 0 Å². The third kappa shape index (κ3) is 1.90. The molecule has 0 bridgehead atoms. The van der Waals surface area contributed by atoms with Crippen LogP contribution in [0.4, 0.5) is 0 Å². The first-order chi connectivity index (χ1) is 9.72. The van der Waals surface area contributed by atoms with Crippen molar-refractivity contribution >= 4 is 0 Å². The lowest BCUT2D eigenvalue weighted by Gasteiger charge is -2.45. The van der Waals surface area contributed by atoms with Crippen LogP contribution in [0.3, 0.4) is 0 Å². The van der Waals surface area contributed by atoms with Gasteiger partial charge >= 0.3 is 0 Å². The van der Waals surface area contributed by atoms with Gasteiger partial charge in [0.25, 0.3) is 0 Å². The fourth-order valence-corrected chi connectivity index (χ4v) is 3.46. The molecule has 0 spiro atoms. The molecule has 1 aromatic rings. The predicted molar refractivity (Wildman–Crippen MR) is 73.5 cm³/mol. The minimum atomic E-state index is -1.04. The van der Waals surface area contributed by atoms with Crippen LogP contribution in [-0.4, -0.2) is 30.5 Å². The van der Waals surface area contributed by atoms with Crippen LogP contribution < -0.4 is 4.74 Å². The SMILES string of the molecule is N#CC1(C2(O)CCCOCC2)CCOc2ccccc21. The minimum Gasteiger partial charge on any atom is -0.493 e. The van der Waals surface area contributed by atoms with Crippen molar-refractivity contribution in [3.05, 3.63) is 29.8 Å². The zero-order chi connectivity index (χ0) is 14.1. The number of nitrogens with zero attached hydrogens (tertiary/aromatic N) is 1. The van der Waals surface area contributed by atoms with Crippen molar-refractivity contribution in [2.45, 2.75) is 36.7 Å². The van der Waals surface area contributed by atoms with Gasteiger partial charge in [-0.1, -0.05) is 18.2 Å². The van der Waals surface area contributed by atoms with Crippen LogP contribution >= 0.6 is 0 Å². The van der Waals surface area contributed by atoms with Gasteiger partial charge in [0, 0.05) is 31.6 Å². The fourth-order valence-electron chi connectivity index (χ4n) is 3.46. The van der Waals surface area contributed by atoms with E-state index in [4.69, 9.17) is 9.47 Å². The van der Waals surface area contributed by atoms with Gasteiger partial charge in [0.15, 0.2) is 0 Å². The predicted octanol–water partition coefficient (Wildman–Crippen LogP) is 2.16. The first-order valence-electron chi connectivity index (χ1n) is 7.16. The molecule has 20 heavy (non-hydrogen) atoms. The third-order valence-electron chi connectivity index (χ3n) is 4.61. The molecule has 2 aliphatic heterocycles. The van der Waals surface area contributed by atoms with E-state index in [-0.39, 0.29) is 0 Å². The Hall–Kier alpha value is -1.57. The van der Waals surface area contributed by atoms with Gasteiger partial charge in [-0.05, 0) is 18.9 Å². The molecular weight excluding hydrogens is 254 g/mol.